The van der Waals surface area contributed by atoms with Crippen LogP contribution in [0.5, 0.6) is 0 Å². The van der Waals surface area contributed by atoms with Gasteiger partial charge in [0.1, 0.15) is 0 Å². The van der Waals surface area contributed by atoms with Gasteiger partial charge in [-0.2, -0.15) is 0 Å². The first-order valence-corrected chi connectivity index (χ1v) is 8.14. The maximum Gasteiger partial charge on any atom is 0.333 e. The van der Waals surface area contributed by atoms with Crippen LogP contribution in [0.4, 0.5) is 0 Å². The average molecular weight is 323 g/mol. The zero-order chi connectivity index (χ0) is 16.9. The van der Waals surface area contributed by atoms with Crippen molar-refractivity contribution >= 4 is 16.9 Å². The van der Waals surface area contributed by atoms with E-state index in [4.69, 9.17) is 4.74 Å². The lowest BCUT2D eigenvalue weighted by Gasteiger charge is -2.12. The Balaban J connectivity index is 1.79. The van der Waals surface area contributed by atoms with Crippen molar-refractivity contribution in [3.05, 3.63) is 71.4 Å². The Hall–Kier alpha value is -2.59. The number of aromatic amines is 1. The Morgan fingerprint density at radius 3 is 2.62 bits per heavy atom. The molecule has 1 aromatic heterocycles. The Labute approximate surface area is 141 Å². The summed E-state index contributed by atoms with van der Waals surface area (Å²) in [4.78, 5) is 14.7. The molecule has 1 atom stereocenters. The van der Waals surface area contributed by atoms with Gasteiger partial charge in [0.05, 0.1) is 0 Å². The molecule has 2 aromatic carbocycles. The van der Waals surface area contributed by atoms with E-state index in [9.17, 15) is 9.90 Å². The molecule has 1 unspecified atom stereocenters. The van der Waals surface area contributed by atoms with Gasteiger partial charge in [0.15, 0.2) is 6.10 Å². The molecule has 2 N–H and O–H groups in total. The number of H-pyrrole nitrogens is 1. The number of nitrogens with one attached hydrogen (secondary N) is 1. The van der Waals surface area contributed by atoms with E-state index in [-0.39, 0.29) is 0 Å². The van der Waals surface area contributed by atoms with Crippen molar-refractivity contribution in [2.45, 2.75) is 25.9 Å². The summed E-state index contributed by atoms with van der Waals surface area (Å²) < 4.78 is 5.30. The molecule has 0 aliphatic carbocycles. The summed E-state index contributed by atoms with van der Waals surface area (Å²) in [5.74, 6) is -0.921. The van der Waals surface area contributed by atoms with Gasteiger partial charge in [-0.15, -0.1) is 0 Å². The average Bonchev–Trinajstić information content (AvgIpc) is 2.96. The molecule has 0 saturated heterocycles. The van der Waals surface area contributed by atoms with Crippen molar-refractivity contribution in [1.29, 1.82) is 0 Å². The van der Waals surface area contributed by atoms with E-state index in [2.05, 4.69) is 23.2 Å². The van der Waals surface area contributed by atoms with Crippen LogP contribution in [-0.4, -0.2) is 28.8 Å². The maximum absolute atomic E-state index is 11.2. The predicted octanol–water partition coefficient (Wildman–Crippen LogP) is 3.79. The molecule has 1 heterocycles. The summed E-state index contributed by atoms with van der Waals surface area (Å²) in [7, 11) is 0. The van der Waals surface area contributed by atoms with Gasteiger partial charge in [-0.25, -0.2) is 4.79 Å². The lowest BCUT2D eigenvalue weighted by molar-refractivity contribution is -0.149. The fourth-order valence-electron chi connectivity index (χ4n) is 2.91. The van der Waals surface area contributed by atoms with E-state index in [0.29, 0.717) is 13.0 Å². The van der Waals surface area contributed by atoms with Crippen LogP contribution in [0.1, 0.15) is 23.7 Å². The van der Waals surface area contributed by atoms with Gasteiger partial charge in [0.25, 0.3) is 0 Å². The number of carboxylic acids is 1. The number of rotatable bonds is 7. The Morgan fingerprint density at radius 2 is 1.92 bits per heavy atom. The first-order chi connectivity index (χ1) is 11.7. The largest absolute Gasteiger partial charge is 0.479 e. The molecule has 0 aliphatic rings. The normalized spacial score (nSPS) is 12.4. The quantitative estimate of drug-likeness (QED) is 0.695. The van der Waals surface area contributed by atoms with Gasteiger partial charge in [-0.3, -0.25) is 0 Å². The number of hydrogen-bond acceptors (Lipinski definition) is 2. The standard InChI is InChI=1S/C20H21NO3/c1-2-24-19(20(22)23)12-15-8-9-18-16(10-15)13-17(21-18)11-14-6-4-3-5-7-14/h3-10,13,19,21H,2,11-12H2,1H3,(H,22,23). The van der Waals surface area contributed by atoms with Gasteiger partial charge >= 0.3 is 5.97 Å². The third-order valence-electron chi connectivity index (χ3n) is 4.04. The third kappa shape index (κ3) is 3.84. The summed E-state index contributed by atoms with van der Waals surface area (Å²) in [6, 6.07) is 18.4. The van der Waals surface area contributed by atoms with E-state index in [1.54, 1.807) is 6.92 Å². The van der Waals surface area contributed by atoms with Crippen LogP contribution < -0.4 is 0 Å². The number of carboxylic acid groups (broad SMARTS) is 1. The maximum atomic E-state index is 11.2. The summed E-state index contributed by atoms with van der Waals surface area (Å²) in [6.07, 6.45) is 0.426. The number of aliphatic carboxylic acids is 1. The molecule has 0 bridgehead atoms. The van der Waals surface area contributed by atoms with Gasteiger partial charge in [-0.05, 0) is 41.6 Å². The van der Waals surface area contributed by atoms with Crippen molar-refractivity contribution in [2.24, 2.45) is 0 Å². The smallest absolute Gasteiger partial charge is 0.333 e. The molecular formula is C20H21NO3. The number of fused-ring (bicyclic) bond motifs is 1. The Kier molecular flexibility index (Phi) is 4.96. The second kappa shape index (κ2) is 7.32. The molecule has 0 spiro atoms. The molecule has 0 fully saturated rings. The van der Waals surface area contributed by atoms with Gasteiger partial charge < -0.3 is 14.8 Å². The second-order valence-corrected chi connectivity index (χ2v) is 5.86. The molecule has 3 aromatic rings. The van der Waals surface area contributed by atoms with Crippen LogP contribution in [0.3, 0.4) is 0 Å². The molecule has 4 heteroatoms. The summed E-state index contributed by atoms with van der Waals surface area (Å²) in [5.41, 5.74) is 4.43. The Bertz CT molecular complexity index is 823. The van der Waals surface area contributed by atoms with Crippen molar-refractivity contribution in [2.75, 3.05) is 6.61 Å². The van der Waals surface area contributed by atoms with Crippen molar-refractivity contribution in [3.63, 3.8) is 0 Å². The van der Waals surface area contributed by atoms with Crippen LogP contribution in [-0.2, 0) is 22.4 Å². The van der Waals surface area contributed by atoms with E-state index in [1.165, 1.54) is 5.56 Å². The Morgan fingerprint density at radius 1 is 1.12 bits per heavy atom. The molecule has 3 rings (SSSR count). The van der Waals surface area contributed by atoms with Crippen molar-refractivity contribution in [3.8, 4) is 0 Å². The van der Waals surface area contributed by atoms with E-state index in [0.717, 1.165) is 28.6 Å². The zero-order valence-electron chi connectivity index (χ0n) is 13.7. The van der Waals surface area contributed by atoms with E-state index in [1.807, 2.05) is 36.4 Å². The number of hydrogen-bond donors (Lipinski definition) is 2. The van der Waals surface area contributed by atoms with Crippen molar-refractivity contribution in [1.82, 2.24) is 4.98 Å². The molecular weight excluding hydrogens is 302 g/mol. The van der Waals surface area contributed by atoms with E-state index >= 15 is 0 Å². The third-order valence-corrected chi connectivity index (χ3v) is 4.04. The number of aromatic nitrogens is 1. The van der Waals surface area contributed by atoms with Gasteiger partial charge in [0, 0.05) is 30.7 Å². The topological polar surface area (TPSA) is 62.3 Å². The number of benzene rings is 2. The highest BCUT2D eigenvalue weighted by atomic mass is 16.5. The molecule has 0 amide bonds. The first-order valence-electron chi connectivity index (χ1n) is 8.14. The highest BCUT2D eigenvalue weighted by Gasteiger charge is 2.18. The van der Waals surface area contributed by atoms with Crippen LogP contribution in [0.2, 0.25) is 0 Å². The van der Waals surface area contributed by atoms with Crippen LogP contribution in [0.15, 0.2) is 54.6 Å². The lowest BCUT2D eigenvalue weighted by atomic mass is 10.1. The molecule has 0 radical (unpaired) electrons. The SMILES string of the molecule is CCOC(Cc1ccc2[nH]c(Cc3ccccc3)cc2c1)C(=O)O. The second-order valence-electron chi connectivity index (χ2n) is 5.86. The molecule has 24 heavy (non-hydrogen) atoms. The van der Waals surface area contributed by atoms with Gasteiger partial charge in [-0.1, -0.05) is 36.4 Å². The minimum absolute atomic E-state index is 0.373. The van der Waals surface area contributed by atoms with Crippen LogP contribution in [0.25, 0.3) is 10.9 Å². The van der Waals surface area contributed by atoms with Crippen LogP contribution >= 0.6 is 0 Å². The number of ether oxygens (including phenoxy) is 1. The van der Waals surface area contributed by atoms with E-state index < -0.39 is 12.1 Å². The molecule has 0 saturated carbocycles. The minimum Gasteiger partial charge on any atom is -0.479 e. The summed E-state index contributed by atoms with van der Waals surface area (Å²) >= 11 is 0. The highest BCUT2D eigenvalue weighted by molar-refractivity contribution is 5.81. The van der Waals surface area contributed by atoms with Crippen molar-refractivity contribution < 1.29 is 14.6 Å². The molecule has 0 aliphatic heterocycles. The monoisotopic (exact) mass is 323 g/mol. The molecule has 124 valence electrons. The predicted molar refractivity (Wildman–Crippen MR) is 94.3 cm³/mol. The van der Waals surface area contributed by atoms with Crippen LogP contribution in [0, 0.1) is 0 Å². The first kappa shape index (κ1) is 16.3. The highest BCUT2D eigenvalue weighted by Crippen LogP contribution is 2.20. The summed E-state index contributed by atoms with van der Waals surface area (Å²) in [5, 5.41) is 10.3. The fraction of sp³-hybridized carbons (Fsp3) is 0.250. The summed E-state index contributed by atoms with van der Waals surface area (Å²) in [6.45, 7) is 2.20. The fourth-order valence-corrected chi connectivity index (χ4v) is 2.91. The molecule has 4 nitrogen and oxygen atoms in total. The van der Waals surface area contributed by atoms with Gasteiger partial charge in [0.2, 0.25) is 0 Å². The number of carbonyl (C=O) groups is 1. The lowest BCUT2D eigenvalue weighted by Crippen LogP contribution is -2.26. The minimum atomic E-state index is -0.921. The zero-order valence-corrected chi connectivity index (χ0v) is 13.7.